The number of piperidine rings is 1. The lowest BCUT2D eigenvalue weighted by Crippen LogP contribution is -2.50. The number of hydrogen-bond donors (Lipinski definition) is 3. The van der Waals surface area contributed by atoms with E-state index in [1.807, 2.05) is 17.0 Å². The zero-order chi connectivity index (χ0) is 20.2. The molecule has 7 nitrogen and oxygen atoms in total. The van der Waals surface area contributed by atoms with E-state index < -0.39 is 0 Å². The Balaban J connectivity index is 1.22. The molecule has 3 heterocycles. The fraction of sp³-hybridized carbons (Fsp3) is 0.682. The fourth-order valence-corrected chi connectivity index (χ4v) is 4.84. The van der Waals surface area contributed by atoms with Gasteiger partial charge in [-0.05, 0) is 68.6 Å². The monoisotopic (exact) mass is 399 g/mol. The summed E-state index contributed by atoms with van der Waals surface area (Å²) in [5.74, 6) is 1.15. The molecule has 0 bridgehead atoms. The van der Waals surface area contributed by atoms with Gasteiger partial charge in [0.1, 0.15) is 6.04 Å². The summed E-state index contributed by atoms with van der Waals surface area (Å²) < 4.78 is 0. The van der Waals surface area contributed by atoms with E-state index in [1.165, 1.54) is 12.8 Å². The molecule has 1 aromatic heterocycles. The van der Waals surface area contributed by atoms with Crippen molar-refractivity contribution in [3.05, 3.63) is 30.1 Å². The van der Waals surface area contributed by atoms with Gasteiger partial charge in [0.2, 0.25) is 11.8 Å². The smallest absolute Gasteiger partial charge is 0.241 e. The largest absolute Gasteiger partial charge is 0.353 e. The lowest BCUT2D eigenvalue weighted by atomic mass is 9.86. The number of carbonyl (C=O) groups excluding carboxylic acids is 2. The molecule has 2 unspecified atom stereocenters. The van der Waals surface area contributed by atoms with Crippen molar-refractivity contribution in [3.8, 4) is 0 Å². The van der Waals surface area contributed by atoms with Gasteiger partial charge < -0.3 is 10.2 Å². The van der Waals surface area contributed by atoms with E-state index in [2.05, 4.69) is 28.1 Å². The summed E-state index contributed by atoms with van der Waals surface area (Å²) in [5.41, 5.74) is 7.52. The van der Waals surface area contributed by atoms with Gasteiger partial charge in [-0.15, -0.1) is 0 Å². The average Bonchev–Trinajstić information content (AvgIpc) is 3.26. The predicted octanol–water partition coefficient (Wildman–Crippen LogP) is 1.92. The summed E-state index contributed by atoms with van der Waals surface area (Å²) in [4.78, 5) is 31.5. The zero-order valence-electron chi connectivity index (χ0n) is 17.3. The summed E-state index contributed by atoms with van der Waals surface area (Å²) in [6.07, 6.45) is 10.4. The Bertz CT molecular complexity index is 696. The third-order valence-electron chi connectivity index (χ3n) is 6.85. The molecule has 2 atom stereocenters. The molecule has 2 aliphatic heterocycles. The molecule has 3 aliphatic rings. The minimum Gasteiger partial charge on any atom is -0.353 e. The molecule has 29 heavy (non-hydrogen) atoms. The molecule has 1 saturated carbocycles. The van der Waals surface area contributed by atoms with Crippen LogP contribution in [0.5, 0.6) is 0 Å². The van der Waals surface area contributed by atoms with Crippen LogP contribution in [0.1, 0.15) is 63.5 Å². The van der Waals surface area contributed by atoms with E-state index in [9.17, 15) is 9.59 Å². The Morgan fingerprint density at radius 2 is 1.72 bits per heavy atom. The van der Waals surface area contributed by atoms with E-state index in [-0.39, 0.29) is 29.8 Å². The van der Waals surface area contributed by atoms with Gasteiger partial charge in [0.05, 0.1) is 0 Å². The van der Waals surface area contributed by atoms with E-state index >= 15 is 0 Å². The highest BCUT2D eigenvalue weighted by molar-refractivity contribution is 5.83. The van der Waals surface area contributed by atoms with Crippen LogP contribution in [0.4, 0.5) is 0 Å². The quantitative estimate of drug-likeness (QED) is 0.720. The molecule has 2 amide bonds. The number of amides is 2. The molecule has 4 rings (SSSR count). The molecule has 1 aromatic rings. The summed E-state index contributed by atoms with van der Waals surface area (Å²) >= 11 is 0. The maximum Gasteiger partial charge on any atom is 0.241 e. The molecule has 158 valence electrons. The summed E-state index contributed by atoms with van der Waals surface area (Å²) in [6, 6.07) is 4.19. The number of hydrogen-bond acceptors (Lipinski definition) is 5. The van der Waals surface area contributed by atoms with Crippen LogP contribution < -0.4 is 16.2 Å². The maximum absolute atomic E-state index is 12.9. The molecule has 7 heteroatoms. The van der Waals surface area contributed by atoms with Crippen molar-refractivity contribution in [3.63, 3.8) is 0 Å². The highest BCUT2D eigenvalue weighted by Gasteiger charge is 2.35. The van der Waals surface area contributed by atoms with Crippen molar-refractivity contribution >= 4 is 11.8 Å². The minimum atomic E-state index is -0.220. The molecule has 3 fully saturated rings. The third-order valence-corrected chi connectivity index (χ3v) is 6.85. The van der Waals surface area contributed by atoms with Crippen molar-refractivity contribution < 1.29 is 9.59 Å². The predicted molar refractivity (Wildman–Crippen MR) is 111 cm³/mol. The first kappa shape index (κ1) is 20.3. The van der Waals surface area contributed by atoms with Gasteiger partial charge in [0, 0.05) is 43.5 Å². The minimum absolute atomic E-state index is 0.0395. The topological polar surface area (TPSA) is 86.4 Å². The Hall–Kier alpha value is -1.99. The second kappa shape index (κ2) is 9.22. The summed E-state index contributed by atoms with van der Waals surface area (Å²) in [7, 11) is 0. The Kier molecular flexibility index (Phi) is 6.45. The average molecular weight is 400 g/mol. The van der Waals surface area contributed by atoms with Crippen LogP contribution in [-0.2, 0) is 9.59 Å². The zero-order valence-corrected chi connectivity index (χ0v) is 17.3. The van der Waals surface area contributed by atoms with E-state index in [1.54, 1.807) is 12.4 Å². The molecule has 0 spiro atoms. The number of pyridine rings is 1. The van der Waals surface area contributed by atoms with E-state index in [4.69, 9.17) is 0 Å². The van der Waals surface area contributed by atoms with Crippen molar-refractivity contribution in [2.45, 2.75) is 70.0 Å². The van der Waals surface area contributed by atoms with Crippen molar-refractivity contribution in [2.24, 2.45) is 11.8 Å². The van der Waals surface area contributed by atoms with Gasteiger partial charge in [0.25, 0.3) is 0 Å². The van der Waals surface area contributed by atoms with Crippen molar-refractivity contribution in [1.29, 1.82) is 0 Å². The Labute approximate surface area is 173 Å². The van der Waals surface area contributed by atoms with Crippen LogP contribution in [0, 0.1) is 11.8 Å². The van der Waals surface area contributed by atoms with Crippen LogP contribution in [-0.4, -0.2) is 46.9 Å². The van der Waals surface area contributed by atoms with Gasteiger partial charge in [-0.25, -0.2) is 10.9 Å². The number of aromatic nitrogens is 1. The second-order valence-electron chi connectivity index (χ2n) is 8.98. The van der Waals surface area contributed by atoms with Gasteiger partial charge in [-0.1, -0.05) is 6.92 Å². The maximum atomic E-state index is 12.9. The molecule has 3 N–H and O–H groups in total. The molecule has 0 radical (unpaired) electrons. The van der Waals surface area contributed by atoms with Gasteiger partial charge >= 0.3 is 0 Å². The fourth-order valence-electron chi connectivity index (χ4n) is 4.84. The molecule has 2 saturated heterocycles. The first-order chi connectivity index (χ1) is 14.1. The normalized spacial score (nSPS) is 30.9. The molecule has 0 aromatic carbocycles. The first-order valence-corrected chi connectivity index (χ1v) is 11.1. The van der Waals surface area contributed by atoms with Crippen LogP contribution >= 0.6 is 0 Å². The molecular weight excluding hydrogens is 366 g/mol. The number of hydrazine groups is 1. The number of nitrogens with one attached hydrogen (secondary N) is 3. The number of nitrogens with zero attached hydrogens (tertiary/aromatic N) is 2. The summed E-state index contributed by atoms with van der Waals surface area (Å²) in [5, 5.41) is 3.26. The van der Waals surface area contributed by atoms with Crippen LogP contribution in [0.25, 0.3) is 0 Å². The Morgan fingerprint density at radius 3 is 2.41 bits per heavy atom. The lowest BCUT2D eigenvalue weighted by Gasteiger charge is -2.34. The van der Waals surface area contributed by atoms with Crippen molar-refractivity contribution in [1.82, 2.24) is 26.1 Å². The van der Waals surface area contributed by atoms with E-state index in [0.717, 1.165) is 43.6 Å². The van der Waals surface area contributed by atoms with Gasteiger partial charge in [-0.2, -0.15) is 0 Å². The van der Waals surface area contributed by atoms with Gasteiger partial charge in [-0.3, -0.25) is 14.6 Å². The molecular formula is C22H33N5O2. The highest BCUT2D eigenvalue weighted by Crippen LogP contribution is 2.26. The molecule has 1 aliphatic carbocycles. The summed E-state index contributed by atoms with van der Waals surface area (Å²) in [6.45, 7) is 3.62. The highest BCUT2D eigenvalue weighted by atomic mass is 16.2. The van der Waals surface area contributed by atoms with Crippen molar-refractivity contribution in [2.75, 3.05) is 13.1 Å². The van der Waals surface area contributed by atoms with Crippen LogP contribution in [0.2, 0.25) is 0 Å². The first-order valence-electron chi connectivity index (χ1n) is 11.1. The van der Waals surface area contributed by atoms with E-state index in [0.29, 0.717) is 19.1 Å². The Morgan fingerprint density at radius 1 is 1.03 bits per heavy atom. The van der Waals surface area contributed by atoms with Gasteiger partial charge in [0.15, 0.2) is 0 Å². The number of carbonyl (C=O) groups is 2. The lowest BCUT2D eigenvalue weighted by molar-refractivity contribution is -0.137. The SMILES string of the molecule is CC1CCC(NC(=O)C2CCN(C(=O)C3CC(c4ccncc4)NN3)CC2)CC1. The number of likely N-dealkylation sites (tertiary alicyclic amines) is 1. The number of rotatable bonds is 4. The van der Waals surface area contributed by atoms with Crippen LogP contribution in [0.15, 0.2) is 24.5 Å². The standard InChI is InChI=1S/C22H33N5O2/c1-15-2-4-18(5-3-15)24-21(28)17-8-12-27(13-9-17)22(29)20-14-19(25-26-20)16-6-10-23-11-7-16/h6-7,10-11,15,17-20,25-26H,2-5,8-9,12-14H2,1H3,(H,24,28). The third kappa shape index (κ3) is 4.95. The second-order valence-corrected chi connectivity index (χ2v) is 8.98. The van der Waals surface area contributed by atoms with Crippen LogP contribution in [0.3, 0.4) is 0 Å².